The number of benzene rings is 1. The lowest BCUT2D eigenvalue weighted by Gasteiger charge is -2.19. The van der Waals surface area contributed by atoms with Crippen LogP contribution >= 0.6 is 23.1 Å². The molecule has 2 aromatic heterocycles. The number of thiophene rings is 1. The number of hydrogen-bond acceptors (Lipinski definition) is 5. The van der Waals surface area contributed by atoms with Crippen molar-refractivity contribution in [2.75, 3.05) is 0 Å². The molecule has 0 saturated heterocycles. The summed E-state index contributed by atoms with van der Waals surface area (Å²) in [4.78, 5) is 31.8. The van der Waals surface area contributed by atoms with E-state index in [0.29, 0.717) is 15.4 Å². The van der Waals surface area contributed by atoms with Gasteiger partial charge in [0.25, 0.3) is 5.56 Å². The maximum atomic E-state index is 12.7. The molecule has 27 heavy (non-hydrogen) atoms. The minimum absolute atomic E-state index is 0.0668. The number of rotatable bonds is 4. The molecule has 2 heterocycles. The third kappa shape index (κ3) is 3.94. The van der Waals surface area contributed by atoms with E-state index in [0.717, 1.165) is 22.9 Å². The van der Waals surface area contributed by atoms with Gasteiger partial charge in [0.2, 0.25) is 0 Å². The van der Waals surface area contributed by atoms with Gasteiger partial charge in [-0.15, -0.1) is 11.3 Å². The first-order chi connectivity index (χ1) is 12.5. The van der Waals surface area contributed by atoms with Gasteiger partial charge >= 0.3 is 5.97 Å². The Bertz CT molecular complexity index is 1060. The average Bonchev–Trinajstić information content (AvgIpc) is 2.98. The molecule has 142 valence electrons. The predicted octanol–water partition coefficient (Wildman–Crippen LogP) is 4.90. The number of carboxylic acids is 1. The van der Waals surface area contributed by atoms with E-state index in [1.807, 2.05) is 17.5 Å². The maximum Gasteiger partial charge on any atom is 0.319 e. The van der Waals surface area contributed by atoms with Crippen LogP contribution < -0.4 is 5.56 Å². The number of nitrogens with zero attached hydrogens (tertiary/aromatic N) is 1. The van der Waals surface area contributed by atoms with E-state index in [-0.39, 0.29) is 11.0 Å². The Balaban J connectivity index is 2.03. The molecule has 0 atom stereocenters. The molecule has 7 heteroatoms. The van der Waals surface area contributed by atoms with Crippen LogP contribution in [0.25, 0.3) is 21.3 Å². The molecule has 2 N–H and O–H groups in total. The number of aromatic nitrogens is 2. The van der Waals surface area contributed by atoms with Crippen molar-refractivity contribution in [1.82, 2.24) is 9.97 Å². The second kappa shape index (κ2) is 6.80. The summed E-state index contributed by atoms with van der Waals surface area (Å²) in [6.07, 6.45) is 0. The maximum absolute atomic E-state index is 12.7. The molecular weight excluding hydrogens is 380 g/mol. The molecule has 0 aliphatic carbocycles. The lowest BCUT2D eigenvalue weighted by atomic mass is 9.86. The fourth-order valence-corrected chi connectivity index (χ4v) is 4.48. The van der Waals surface area contributed by atoms with Crippen LogP contribution in [0.5, 0.6) is 0 Å². The van der Waals surface area contributed by atoms with Crippen LogP contribution in [0.2, 0.25) is 0 Å². The zero-order chi connectivity index (χ0) is 20.0. The Morgan fingerprint density at radius 3 is 2.33 bits per heavy atom. The Hall–Kier alpha value is -2.12. The zero-order valence-corrected chi connectivity index (χ0v) is 17.5. The fraction of sp³-hybridized carbons (Fsp3) is 0.350. The molecule has 0 amide bonds. The minimum atomic E-state index is -1.08. The van der Waals surface area contributed by atoms with Crippen LogP contribution in [-0.2, 0) is 10.2 Å². The van der Waals surface area contributed by atoms with E-state index < -0.39 is 10.7 Å². The van der Waals surface area contributed by atoms with Gasteiger partial charge in [-0.25, -0.2) is 4.98 Å². The predicted molar refractivity (Wildman–Crippen MR) is 112 cm³/mol. The van der Waals surface area contributed by atoms with E-state index in [9.17, 15) is 14.7 Å². The number of aromatic amines is 1. The summed E-state index contributed by atoms with van der Waals surface area (Å²) in [6.45, 7) is 9.65. The first kappa shape index (κ1) is 19.6. The summed E-state index contributed by atoms with van der Waals surface area (Å²) in [5.74, 6) is -0.957. The SMILES string of the molecule is CC(C)(Sc1nc2scc(-c3ccc(C(C)(C)C)cc3)c2c(=O)[nH]1)C(=O)O. The molecule has 3 aromatic rings. The highest BCUT2D eigenvalue weighted by Gasteiger charge is 2.30. The number of aliphatic carboxylic acids is 1. The van der Waals surface area contributed by atoms with Gasteiger partial charge < -0.3 is 10.1 Å². The van der Waals surface area contributed by atoms with Gasteiger partial charge in [0.05, 0.1) is 5.39 Å². The molecule has 0 aliphatic rings. The lowest BCUT2D eigenvalue weighted by Crippen LogP contribution is -2.27. The lowest BCUT2D eigenvalue weighted by molar-refractivity contribution is -0.138. The van der Waals surface area contributed by atoms with Crippen LogP contribution in [0.4, 0.5) is 0 Å². The molecule has 1 aromatic carbocycles. The standard InChI is InChI=1S/C20H22N2O3S2/c1-19(2,3)12-8-6-11(7-9-12)13-10-26-16-14(13)15(23)21-18(22-16)27-20(4,5)17(24)25/h6-10H,1-5H3,(H,24,25)(H,21,22,23). The molecular formula is C20H22N2O3S2. The molecule has 0 spiro atoms. The van der Waals surface area contributed by atoms with Crippen molar-refractivity contribution in [3.05, 3.63) is 45.6 Å². The van der Waals surface area contributed by atoms with Crippen LogP contribution in [0.15, 0.2) is 39.6 Å². The summed E-state index contributed by atoms with van der Waals surface area (Å²) in [6, 6.07) is 8.22. The van der Waals surface area contributed by atoms with Gasteiger partial charge in [0.1, 0.15) is 9.58 Å². The number of carboxylic acid groups (broad SMARTS) is 1. The zero-order valence-electron chi connectivity index (χ0n) is 15.9. The van der Waals surface area contributed by atoms with E-state index in [1.165, 1.54) is 16.9 Å². The Labute approximate surface area is 165 Å². The summed E-state index contributed by atoms with van der Waals surface area (Å²) in [5.41, 5.74) is 2.86. The fourth-order valence-electron chi connectivity index (χ4n) is 2.63. The van der Waals surface area contributed by atoms with E-state index in [1.54, 1.807) is 13.8 Å². The smallest absolute Gasteiger partial charge is 0.319 e. The monoisotopic (exact) mass is 402 g/mol. The Kier molecular flexibility index (Phi) is 4.94. The first-order valence-electron chi connectivity index (χ1n) is 8.54. The van der Waals surface area contributed by atoms with Gasteiger partial charge in [-0.05, 0) is 30.4 Å². The largest absolute Gasteiger partial charge is 0.480 e. The van der Waals surface area contributed by atoms with Crippen molar-refractivity contribution < 1.29 is 9.90 Å². The summed E-state index contributed by atoms with van der Waals surface area (Å²) in [5, 5.41) is 12.1. The number of carbonyl (C=O) groups is 1. The van der Waals surface area contributed by atoms with Gasteiger partial charge in [-0.2, -0.15) is 0 Å². The third-order valence-electron chi connectivity index (χ3n) is 4.35. The Morgan fingerprint density at radius 2 is 1.78 bits per heavy atom. The van der Waals surface area contributed by atoms with E-state index >= 15 is 0 Å². The van der Waals surface area contributed by atoms with Crippen LogP contribution in [0, 0.1) is 0 Å². The summed E-state index contributed by atoms with van der Waals surface area (Å²) in [7, 11) is 0. The van der Waals surface area contributed by atoms with Gasteiger partial charge in [-0.3, -0.25) is 9.59 Å². The van der Waals surface area contributed by atoms with Crippen molar-refractivity contribution in [3.8, 4) is 11.1 Å². The van der Waals surface area contributed by atoms with Crippen molar-refractivity contribution in [2.24, 2.45) is 0 Å². The van der Waals surface area contributed by atoms with Crippen molar-refractivity contribution in [1.29, 1.82) is 0 Å². The van der Waals surface area contributed by atoms with E-state index in [2.05, 4.69) is 42.9 Å². The molecule has 0 bridgehead atoms. The molecule has 0 aliphatic heterocycles. The number of nitrogens with one attached hydrogen (secondary N) is 1. The highest BCUT2D eigenvalue weighted by atomic mass is 32.2. The minimum Gasteiger partial charge on any atom is -0.480 e. The van der Waals surface area contributed by atoms with Gasteiger partial charge in [0.15, 0.2) is 5.16 Å². The molecule has 3 rings (SSSR count). The number of hydrogen-bond donors (Lipinski definition) is 2. The summed E-state index contributed by atoms with van der Waals surface area (Å²) >= 11 is 2.42. The van der Waals surface area contributed by atoms with Crippen molar-refractivity contribution in [3.63, 3.8) is 0 Å². The average molecular weight is 403 g/mol. The van der Waals surface area contributed by atoms with Crippen LogP contribution in [0.1, 0.15) is 40.2 Å². The third-order valence-corrected chi connectivity index (χ3v) is 6.29. The number of H-pyrrole nitrogens is 1. The summed E-state index contributed by atoms with van der Waals surface area (Å²) < 4.78 is -1.08. The number of thioether (sulfide) groups is 1. The molecule has 0 radical (unpaired) electrons. The van der Waals surface area contributed by atoms with Crippen molar-refractivity contribution in [2.45, 2.75) is 49.9 Å². The normalized spacial score (nSPS) is 12.5. The highest BCUT2D eigenvalue weighted by Crippen LogP contribution is 2.35. The van der Waals surface area contributed by atoms with Gasteiger partial charge in [-0.1, -0.05) is 56.8 Å². The quantitative estimate of drug-likeness (QED) is 0.479. The molecule has 0 fully saturated rings. The van der Waals surface area contributed by atoms with E-state index in [4.69, 9.17) is 0 Å². The molecule has 0 unspecified atom stereocenters. The van der Waals surface area contributed by atoms with Crippen LogP contribution in [0.3, 0.4) is 0 Å². The Morgan fingerprint density at radius 1 is 1.15 bits per heavy atom. The van der Waals surface area contributed by atoms with Crippen LogP contribution in [-0.4, -0.2) is 25.8 Å². The van der Waals surface area contributed by atoms with Gasteiger partial charge in [0, 0.05) is 10.9 Å². The first-order valence-corrected chi connectivity index (χ1v) is 10.2. The number of fused-ring (bicyclic) bond motifs is 1. The van der Waals surface area contributed by atoms with Crippen molar-refractivity contribution >= 4 is 39.3 Å². The second-order valence-electron chi connectivity index (χ2n) is 7.95. The second-order valence-corrected chi connectivity index (χ2v) is 10.4. The topological polar surface area (TPSA) is 83.0 Å². The molecule has 5 nitrogen and oxygen atoms in total. The molecule has 0 saturated carbocycles. The highest BCUT2D eigenvalue weighted by molar-refractivity contribution is 8.01.